The van der Waals surface area contributed by atoms with Crippen molar-refractivity contribution in [1.82, 2.24) is 5.43 Å². The molecule has 164 valence electrons. The largest absolute Gasteiger partial charge is 0.493 e. The minimum Gasteiger partial charge on any atom is -0.493 e. The summed E-state index contributed by atoms with van der Waals surface area (Å²) in [5, 5.41) is 3.89. The first-order chi connectivity index (χ1) is 15.5. The Labute approximate surface area is 184 Å². The number of para-hydroxylation sites is 1. The van der Waals surface area contributed by atoms with E-state index in [4.69, 9.17) is 14.2 Å². The van der Waals surface area contributed by atoms with Crippen LogP contribution in [-0.2, 0) is 4.79 Å². The topological polar surface area (TPSA) is 86.2 Å². The molecule has 1 N–H and O–H groups in total. The van der Waals surface area contributed by atoms with E-state index in [0.717, 1.165) is 11.6 Å². The number of ether oxygens (including phenoxy) is 3. The van der Waals surface area contributed by atoms with E-state index in [9.17, 15) is 14.0 Å². The highest BCUT2D eigenvalue weighted by Gasteiger charge is 2.13. The number of carbonyl (C=O) groups excluding carboxylic acids is 2. The number of hydrazone groups is 1. The predicted molar refractivity (Wildman–Crippen MR) is 117 cm³/mol. The van der Waals surface area contributed by atoms with Crippen molar-refractivity contribution in [3.8, 4) is 17.2 Å². The SMILES string of the molecule is COc1cc(/C=N/NC(=O)COc2ccccc2C)ccc1OC(=O)c1cccc(F)c1. The van der Waals surface area contributed by atoms with E-state index >= 15 is 0 Å². The first-order valence-corrected chi connectivity index (χ1v) is 9.62. The number of amides is 1. The Morgan fingerprint density at radius 2 is 1.81 bits per heavy atom. The van der Waals surface area contributed by atoms with Crippen LogP contribution < -0.4 is 19.6 Å². The molecule has 0 unspecified atom stereocenters. The Balaban J connectivity index is 1.58. The van der Waals surface area contributed by atoms with Gasteiger partial charge in [-0.1, -0.05) is 24.3 Å². The molecule has 0 spiro atoms. The molecule has 8 heteroatoms. The zero-order valence-electron chi connectivity index (χ0n) is 17.5. The van der Waals surface area contributed by atoms with Crippen molar-refractivity contribution >= 4 is 18.1 Å². The van der Waals surface area contributed by atoms with Crippen molar-refractivity contribution in [2.45, 2.75) is 6.92 Å². The summed E-state index contributed by atoms with van der Waals surface area (Å²) in [6.45, 7) is 1.71. The van der Waals surface area contributed by atoms with Crippen LogP contribution in [0.3, 0.4) is 0 Å². The predicted octanol–water partition coefficient (Wildman–Crippen LogP) is 3.89. The molecule has 0 bridgehead atoms. The van der Waals surface area contributed by atoms with Crippen LogP contribution in [-0.4, -0.2) is 31.8 Å². The van der Waals surface area contributed by atoms with Crippen LogP contribution in [0.2, 0.25) is 0 Å². The van der Waals surface area contributed by atoms with Gasteiger partial charge < -0.3 is 14.2 Å². The number of nitrogens with zero attached hydrogens (tertiary/aromatic N) is 1. The fourth-order valence-corrected chi connectivity index (χ4v) is 2.70. The van der Waals surface area contributed by atoms with Gasteiger partial charge in [0.15, 0.2) is 18.1 Å². The van der Waals surface area contributed by atoms with Crippen molar-refractivity contribution in [2.24, 2.45) is 5.10 Å². The number of esters is 1. The van der Waals surface area contributed by atoms with Gasteiger partial charge in [-0.25, -0.2) is 14.6 Å². The first-order valence-electron chi connectivity index (χ1n) is 9.62. The maximum Gasteiger partial charge on any atom is 0.343 e. The average Bonchev–Trinajstić information content (AvgIpc) is 2.79. The standard InChI is InChI=1S/C24H21FN2O5/c1-16-6-3-4-9-20(16)31-15-23(28)27-26-14-17-10-11-21(22(12-17)30-2)32-24(29)18-7-5-8-19(25)13-18/h3-14H,15H2,1-2H3,(H,27,28)/b26-14+. The number of carbonyl (C=O) groups is 2. The molecule has 7 nitrogen and oxygen atoms in total. The normalized spacial score (nSPS) is 10.6. The van der Waals surface area contributed by atoms with Gasteiger partial charge in [-0.05, 0) is 60.5 Å². The van der Waals surface area contributed by atoms with E-state index in [0.29, 0.717) is 11.3 Å². The Morgan fingerprint density at radius 1 is 1.00 bits per heavy atom. The lowest BCUT2D eigenvalue weighted by molar-refractivity contribution is -0.123. The second-order valence-corrected chi connectivity index (χ2v) is 6.66. The Kier molecular flexibility index (Phi) is 7.53. The smallest absolute Gasteiger partial charge is 0.343 e. The fourth-order valence-electron chi connectivity index (χ4n) is 2.70. The summed E-state index contributed by atoms with van der Waals surface area (Å²) in [4.78, 5) is 24.1. The summed E-state index contributed by atoms with van der Waals surface area (Å²) < 4.78 is 29.3. The molecule has 0 aliphatic rings. The van der Waals surface area contributed by atoms with Crippen molar-refractivity contribution in [2.75, 3.05) is 13.7 Å². The molecule has 0 saturated carbocycles. The minimum atomic E-state index is -0.717. The highest BCUT2D eigenvalue weighted by molar-refractivity contribution is 5.91. The lowest BCUT2D eigenvalue weighted by Crippen LogP contribution is -2.24. The Hall–Kier alpha value is -4.20. The highest BCUT2D eigenvalue weighted by Crippen LogP contribution is 2.28. The molecule has 0 radical (unpaired) electrons. The van der Waals surface area contributed by atoms with E-state index in [1.807, 2.05) is 25.1 Å². The summed E-state index contributed by atoms with van der Waals surface area (Å²) in [7, 11) is 1.42. The van der Waals surface area contributed by atoms with Gasteiger partial charge in [0, 0.05) is 0 Å². The molecule has 0 aromatic heterocycles. The highest BCUT2D eigenvalue weighted by atomic mass is 19.1. The zero-order valence-corrected chi connectivity index (χ0v) is 17.5. The third-order valence-corrected chi connectivity index (χ3v) is 4.31. The average molecular weight is 436 g/mol. The van der Waals surface area contributed by atoms with Gasteiger partial charge in [-0.2, -0.15) is 5.10 Å². The minimum absolute atomic E-state index is 0.0771. The summed E-state index contributed by atoms with van der Waals surface area (Å²) in [5.41, 5.74) is 3.97. The van der Waals surface area contributed by atoms with Crippen LogP contribution in [0, 0.1) is 12.7 Å². The van der Waals surface area contributed by atoms with Crippen LogP contribution >= 0.6 is 0 Å². The van der Waals surface area contributed by atoms with Crippen LogP contribution in [0.1, 0.15) is 21.5 Å². The zero-order chi connectivity index (χ0) is 22.9. The number of methoxy groups -OCH3 is 1. The fraction of sp³-hybridized carbons (Fsp3) is 0.125. The molecule has 1 amide bonds. The third kappa shape index (κ3) is 6.15. The second kappa shape index (κ2) is 10.7. The molecule has 3 aromatic rings. The first kappa shape index (κ1) is 22.5. The number of hydrogen-bond donors (Lipinski definition) is 1. The van der Waals surface area contributed by atoms with Crippen molar-refractivity contribution in [1.29, 1.82) is 0 Å². The van der Waals surface area contributed by atoms with Crippen molar-refractivity contribution < 1.29 is 28.2 Å². The number of rotatable bonds is 8. The summed E-state index contributed by atoms with van der Waals surface area (Å²) in [5.74, 6) is -0.617. The summed E-state index contributed by atoms with van der Waals surface area (Å²) in [6, 6.07) is 17.3. The molecular weight excluding hydrogens is 415 g/mol. The molecule has 0 fully saturated rings. The second-order valence-electron chi connectivity index (χ2n) is 6.66. The van der Waals surface area contributed by atoms with Gasteiger partial charge in [0.05, 0.1) is 18.9 Å². The quantitative estimate of drug-likeness (QED) is 0.251. The van der Waals surface area contributed by atoms with Gasteiger partial charge in [-0.15, -0.1) is 0 Å². The Morgan fingerprint density at radius 3 is 2.56 bits per heavy atom. The third-order valence-electron chi connectivity index (χ3n) is 4.31. The molecule has 3 aromatic carbocycles. The van der Waals surface area contributed by atoms with Gasteiger partial charge in [0.1, 0.15) is 11.6 Å². The van der Waals surface area contributed by atoms with E-state index in [2.05, 4.69) is 10.5 Å². The lowest BCUT2D eigenvalue weighted by atomic mass is 10.2. The monoisotopic (exact) mass is 436 g/mol. The van der Waals surface area contributed by atoms with Crippen LogP contribution in [0.5, 0.6) is 17.2 Å². The van der Waals surface area contributed by atoms with Crippen LogP contribution in [0.4, 0.5) is 4.39 Å². The van der Waals surface area contributed by atoms with Crippen LogP contribution in [0.25, 0.3) is 0 Å². The number of hydrogen-bond acceptors (Lipinski definition) is 6. The number of aryl methyl sites for hydroxylation is 1. The van der Waals surface area contributed by atoms with Crippen molar-refractivity contribution in [3.05, 3.63) is 89.2 Å². The number of benzene rings is 3. The van der Waals surface area contributed by atoms with E-state index in [1.165, 1.54) is 37.6 Å². The lowest BCUT2D eigenvalue weighted by Gasteiger charge is -2.10. The summed E-state index contributed by atoms with van der Waals surface area (Å²) in [6.07, 6.45) is 1.41. The number of halogens is 1. The molecule has 0 saturated heterocycles. The van der Waals surface area contributed by atoms with Gasteiger partial charge in [0.25, 0.3) is 5.91 Å². The molecule has 0 heterocycles. The van der Waals surface area contributed by atoms with Gasteiger partial charge >= 0.3 is 5.97 Å². The van der Waals surface area contributed by atoms with E-state index in [-0.39, 0.29) is 23.7 Å². The van der Waals surface area contributed by atoms with E-state index < -0.39 is 17.7 Å². The molecule has 0 aliphatic heterocycles. The van der Waals surface area contributed by atoms with Gasteiger partial charge in [0.2, 0.25) is 0 Å². The van der Waals surface area contributed by atoms with E-state index in [1.54, 1.807) is 18.2 Å². The maximum atomic E-state index is 13.3. The summed E-state index contributed by atoms with van der Waals surface area (Å²) >= 11 is 0. The Bertz CT molecular complexity index is 1150. The molecular formula is C24H21FN2O5. The molecule has 0 aliphatic carbocycles. The molecule has 0 atom stereocenters. The number of nitrogens with one attached hydrogen (secondary N) is 1. The van der Waals surface area contributed by atoms with Crippen molar-refractivity contribution in [3.63, 3.8) is 0 Å². The van der Waals surface area contributed by atoms with Gasteiger partial charge in [-0.3, -0.25) is 4.79 Å². The van der Waals surface area contributed by atoms with Crippen LogP contribution in [0.15, 0.2) is 71.8 Å². The molecule has 32 heavy (non-hydrogen) atoms. The maximum absolute atomic E-state index is 13.3. The molecule has 3 rings (SSSR count).